The second-order valence-corrected chi connectivity index (χ2v) is 1.45. The lowest BCUT2D eigenvalue weighted by molar-refractivity contribution is -0.502. The van der Waals surface area contributed by atoms with Gasteiger partial charge in [0.25, 0.3) is 0 Å². The van der Waals surface area contributed by atoms with Crippen molar-refractivity contribution < 1.29 is 4.70 Å². The molecule has 2 heteroatoms. The van der Waals surface area contributed by atoms with E-state index < -0.39 is 0 Å². The van der Waals surface area contributed by atoms with E-state index in [0.717, 1.165) is 5.70 Å². The number of likely N-dealkylation sites (N-methyl/N-ethyl adjacent to an activating group) is 1. The predicted octanol–water partition coefficient (Wildman–Crippen LogP) is 1.12. The van der Waals surface area contributed by atoms with Gasteiger partial charge in [0.1, 0.15) is 6.20 Å². The Morgan fingerprint density at radius 1 is 1.86 bits per heavy atom. The fourth-order valence-corrected chi connectivity index (χ4v) is 0.401. The Bertz CT molecular complexity index is 153. The number of hydrogen-bond acceptors (Lipinski definition) is 1. The zero-order valence-electron chi connectivity index (χ0n) is 4.26. The molecule has 2 nitrogen and oxygen atoms in total. The summed E-state index contributed by atoms with van der Waals surface area (Å²) in [5.41, 5.74) is 0.944. The summed E-state index contributed by atoms with van der Waals surface area (Å²) in [6.45, 7) is 3.68. The summed E-state index contributed by atoms with van der Waals surface area (Å²) in [5, 5.41) is 3.87. The van der Waals surface area contributed by atoms with E-state index in [2.05, 4.69) is 11.7 Å². The lowest BCUT2D eigenvalue weighted by Gasteiger charge is -1.76. The van der Waals surface area contributed by atoms with Crippen LogP contribution >= 0.6 is 0 Å². The van der Waals surface area contributed by atoms with Crippen LogP contribution in [0.5, 0.6) is 0 Å². The van der Waals surface area contributed by atoms with Gasteiger partial charge in [0.2, 0.25) is 5.70 Å². The Hall–Kier alpha value is -0.920. The third-order valence-corrected chi connectivity index (χ3v) is 0.922. The minimum absolute atomic E-state index is 0.944. The highest BCUT2D eigenvalue weighted by molar-refractivity contribution is 5.06. The third kappa shape index (κ3) is 0.585. The minimum atomic E-state index is 0.944. The van der Waals surface area contributed by atoms with Gasteiger partial charge in [-0.15, -0.1) is 0 Å². The Labute approximate surface area is 42.5 Å². The van der Waals surface area contributed by atoms with Crippen LogP contribution in [0.4, 0.5) is 0 Å². The largest absolute Gasteiger partial charge is 0.226 e. The molecule has 0 unspecified atom stereocenters. The SMILES string of the molecule is C=C1C=CN=[N+]1C. The third-order valence-electron chi connectivity index (χ3n) is 0.922. The molecule has 0 aromatic heterocycles. The summed E-state index contributed by atoms with van der Waals surface area (Å²) in [4.78, 5) is 0. The summed E-state index contributed by atoms with van der Waals surface area (Å²) in [6, 6.07) is 0. The molecule has 7 heavy (non-hydrogen) atoms. The van der Waals surface area contributed by atoms with Crippen molar-refractivity contribution in [3.8, 4) is 0 Å². The molecule has 0 amide bonds. The molecule has 36 valence electrons. The smallest absolute Gasteiger partial charge is 0.0877 e. The molecule has 0 atom stereocenters. The average molecular weight is 95.1 g/mol. The van der Waals surface area contributed by atoms with Crippen LogP contribution in [0, 0.1) is 0 Å². The van der Waals surface area contributed by atoms with E-state index in [-0.39, 0.29) is 0 Å². The highest BCUT2D eigenvalue weighted by atomic mass is 15.3. The second kappa shape index (κ2) is 1.30. The molecule has 0 bridgehead atoms. The van der Waals surface area contributed by atoms with Crippen LogP contribution in [0.25, 0.3) is 0 Å². The normalized spacial score (nSPS) is 17.9. The van der Waals surface area contributed by atoms with Crippen LogP contribution in [-0.4, -0.2) is 11.7 Å². The predicted molar refractivity (Wildman–Crippen MR) is 26.9 cm³/mol. The van der Waals surface area contributed by atoms with Crippen molar-refractivity contribution in [3.63, 3.8) is 0 Å². The molecule has 0 saturated heterocycles. The topological polar surface area (TPSA) is 15.4 Å². The summed E-state index contributed by atoms with van der Waals surface area (Å²) in [5.74, 6) is 0. The number of rotatable bonds is 0. The highest BCUT2D eigenvalue weighted by Crippen LogP contribution is 2.01. The van der Waals surface area contributed by atoms with Gasteiger partial charge < -0.3 is 0 Å². The van der Waals surface area contributed by atoms with Gasteiger partial charge in [-0.1, -0.05) is 4.70 Å². The lowest BCUT2D eigenvalue weighted by atomic mass is 10.5. The molecule has 0 aromatic rings. The molecule has 0 saturated carbocycles. The van der Waals surface area contributed by atoms with Crippen LogP contribution in [0.15, 0.2) is 29.7 Å². The Kier molecular flexibility index (Phi) is 0.785. The minimum Gasteiger partial charge on any atom is -0.0877 e. The first-order valence-electron chi connectivity index (χ1n) is 2.10. The van der Waals surface area contributed by atoms with Gasteiger partial charge in [-0.2, -0.15) is 0 Å². The summed E-state index contributed by atoms with van der Waals surface area (Å²) in [6.07, 6.45) is 3.59. The van der Waals surface area contributed by atoms with E-state index in [9.17, 15) is 0 Å². The molecule has 1 heterocycles. The summed E-state index contributed by atoms with van der Waals surface area (Å²) < 4.78 is 1.72. The van der Waals surface area contributed by atoms with E-state index in [1.165, 1.54) is 0 Å². The summed E-state index contributed by atoms with van der Waals surface area (Å²) >= 11 is 0. The van der Waals surface area contributed by atoms with Crippen LogP contribution in [-0.2, 0) is 0 Å². The first-order valence-corrected chi connectivity index (χ1v) is 2.10. The van der Waals surface area contributed by atoms with Gasteiger partial charge in [-0.05, 0) is 11.7 Å². The maximum atomic E-state index is 3.87. The number of allylic oxidation sites excluding steroid dienone is 1. The molecule has 0 aliphatic carbocycles. The van der Waals surface area contributed by atoms with Gasteiger partial charge in [0.05, 0.1) is 0 Å². The fraction of sp³-hybridized carbons (Fsp3) is 0.200. The lowest BCUT2D eigenvalue weighted by Crippen LogP contribution is -1.91. The van der Waals surface area contributed by atoms with Crippen molar-refractivity contribution in [3.05, 3.63) is 24.6 Å². The number of azo groups is 2. The summed E-state index contributed by atoms with van der Waals surface area (Å²) in [7, 11) is 1.86. The van der Waals surface area contributed by atoms with Gasteiger partial charge >= 0.3 is 0 Å². The monoisotopic (exact) mass is 95.1 g/mol. The maximum Gasteiger partial charge on any atom is 0.226 e. The van der Waals surface area contributed by atoms with Crippen LogP contribution in [0.2, 0.25) is 0 Å². The standard InChI is InChI=1S/C5H7N2/c1-5-3-4-6-7(5)2/h3-4H,1H2,2H3/q+1. The number of hydrogen-bond donors (Lipinski definition) is 0. The zero-order chi connectivity index (χ0) is 5.28. The molecule has 0 N–H and O–H groups in total. The van der Waals surface area contributed by atoms with E-state index in [0.29, 0.717) is 0 Å². The number of nitrogens with zero attached hydrogens (tertiary/aromatic N) is 2. The molecule has 1 aliphatic heterocycles. The van der Waals surface area contributed by atoms with Crippen LogP contribution in [0.1, 0.15) is 0 Å². The first-order chi connectivity index (χ1) is 3.30. The molecular weight excluding hydrogens is 88.1 g/mol. The molecule has 0 radical (unpaired) electrons. The Morgan fingerprint density at radius 2 is 2.57 bits per heavy atom. The van der Waals surface area contributed by atoms with Crippen molar-refractivity contribution in [2.45, 2.75) is 0 Å². The van der Waals surface area contributed by atoms with Crippen molar-refractivity contribution in [1.29, 1.82) is 0 Å². The van der Waals surface area contributed by atoms with Gasteiger partial charge in [0.15, 0.2) is 7.05 Å². The first kappa shape index (κ1) is 4.24. The van der Waals surface area contributed by atoms with Gasteiger partial charge in [0, 0.05) is 6.08 Å². The Balaban J connectivity index is 2.89. The van der Waals surface area contributed by atoms with Crippen molar-refractivity contribution in [2.24, 2.45) is 5.11 Å². The van der Waals surface area contributed by atoms with Crippen molar-refractivity contribution >= 4 is 0 Å². The fourth-order valence-electron chi connectivity index (χ4n) is 0.401. The van der Waals surface area contributed by atoms with E-state index in [4.69, 9.17) is 0 Å². The molecule has 0 fully saturated rings. The van der Waals surface area contributed by atoms with Crippen molar-refractivity contribution in [1.82, 2.24) is 0 Å². The molecule has 1 aliphatic rings. The average Bonchev–Trinajstić information content (AvgIpc) is 1.91. The van der Waals surface area contributed by atoms with Gasteiger partial charge in [-0.3, -0.25) is 0 Å². The van der Waals surface area contributed by atoms with Crippen molar-refractivity contribution in [2.75, 3.05) is 7.05 Å². The molecular formula is C5H7N2+. The molecule has 1 rings (SSSR count). The van der Waals surface area contributed by atoms with E-state index in [1.807, 2.05) is 13.1 Å². The molecule has 0 spiro atoms. The highest BCUT2D eigenvalue weighted by Gasteiger charge is 2.04. The van der Waals surface area contributed by atoms with Gasteiger partial charge in [-0.25, -0.2) is 0 Å². The Morgan fingerprint density at radius 3 is 2.71 bits per heavy atom. The maximum absolute atomic E-state index is 3.87. The van der Waals surface area contributed by atoms with E-state index >= 15 is 0 Å². The second-order valence-electron chi connectivity index (χ2n) is 1.45. The van der Waals surface area contributed by atoms with Crippen LogP contribution in [0.3, 0.4) is 0 Å². The molecule has 0 aromatic carbocycles. The van der Waals surface area contributed by atoms with E-state index in [1.54, 1.807) is 10.9 Å². The van der Waals surface area contributed by atoms with Crippen LogP contribution < -0.4 is 0 Å². The quantitative estimate of drug-likeness (QED) is 0.401. The zero-order valence-corrected chi connectivity index (χ0v) is 4.26.